The number of hydrogen-bond acceptors (Lipinski definition) is 4. The van der Waals surface area contributed by atoms with Crippen molar-refractivity contribution >= 4 is 12.1 Å². The number of rotatable bonds is 6. The number of benzene rings is 2. The normalized spacial score (nSPS) is 21.0. The largest absolute Gasteiger partial charge is 0.465 e. The third kappa shape index (κ3) is 4.25. The quantitative estimate of drug-likeness (QED) is 0.605. The maximum atomic E-state index is 13.0. The minimum atomic E-state index is -0.974. The Labute approximate surface area is 165 Å². The van der Waals surface area contributed by atoms with Gasteiger partial charge in [-0.05, 0) is 30.9 Å². The van der Waals surface area contributed by atoms with E-state index in [1.807, 2.05) is 72.8 Å². The highest BCUT2D eigenvalue weighted by Gasteiger charge is 2.49. The van der Waals surface area contributed by atoms with Gasteiger partial charge in [-0.1, -0.05) is 72.8 Å². The van der Waals surface area contributed by atoms with Gasteiger partial charge in [-0.2, -0.15) is 0 Å². The summed E-state index contributed by atoms with van der Waals surface area (Å²) in [5, 5.41) is 2.87. The van der Waals surface area contributed by atoms with Crippen molar-refractivity contribution in [2.24, 2.45) is 0 Å². The van der Waals surface area contributed by atoms with E-state index < -0.39 is 17.6 Å². The number of hydrogen-bond donors (Lipinski definition) is 1. The molecule has 2 unspecified atom stereocenters. The van der Waals surface area contributed by atoms with E-state index in [1.54, 1.807) is 6.92 Å². The summed E-state index contributed by atoms with van der Waals surface area (Å²) in [6.45, 7) is 2.23. The lowest BCUT2D eigenvalue weighted by Crippen LogP contribution is -2.56. The van der Waals surface area contributed by atoms with E-state index in [2.05, 4.69) is 5.32 Å². The van der Waals surface area contributed by atoms with Crippen molar-refractivity contribution in [3.05, 3.63) is 83.9 Å². The number of carbonyl (C=O) groups excluding carboxylic acids is 2. The van der Waals surface area contributed by atoms with Gasteiger partial charge in [0.05, 0.1) is 12.6 Å². The van der Waals surface area contributed by atoms with Crippen molar-refractivity contribution in [3.8, 4) is 0 Å². The lowest BCUT2D eigenvalue weighted by atomic mass is 9.68. The van der Waals surface area contributed by atoms with Crippen molar-refractivity contribution in [1.29, 1.82) is 0 Å². The molecule has 0 fully saturated rings. The molecule has 2 aromatic rings. The second kappa shape index (κ2) is 9.22. The molecule has 3 rings (SSSR count). The molecule has 0 saturated carbocycles. The predicted octanol–water partition coefficient (Wildman–Crippen LogP) is 4.13. The van der Waals surface area contributed by atoms with E-state index >= 15 is 0 Å². The van der Waals surface area contributed by atoms with Gasteiger partial charge in [0.2, 0.25) is 0 Å². The molecule has 0 aliphatic heterocycles. The molecule has 0 saturated heterocycles. The lowest BCUT2D eigenvalue weighted by Gasteiger charge is -2.39. The molecule has 0 bridgehead atoms. The molecule has 1 aliphatic rings. The molecular weight excluding hydrogens is 354 g/mol. The first-order chi connectivity index (χ1) is 13.7. The van der Waals surface area contributed by atoms with E-state index in [9.17, 15) is 9.59 Å². The first-order valence-electron chi connectivity index (χ1n) is 9.53. The highest BCUT2D eigenvalue weighted by molar-refractivity contribution is 5.86. The molecule has 1 aliphatic carbocycles. The standard InChI is InChI=1S/C23H25NO4/c1-2-27-21(25)23(19-13-7-4-8-14-19)16-10-9-15-20(23)24-22(26)28-17-18-11-5-3-6-12-18/h3-9,11-15,20H,2,10,16-17H2,1H3,(H,24,26). The van der Waals surface area contributed by atoms with Gasteiger partial charge in [0, 0.05) is 0 Å². The third-order valence-electron chi connectivity index (χ3n) is 4.98. The fourth-order valence-corrected chi connectivity index (χ4v) is 3.59. The third-order valence-corrected chi connectivity index (χ3v) is 4.98. The first-order valence-corrected chi connectivity index (χ1v) is 9.53. The summed E-state index contributed by atoms with van der Waals surface area (Å²) in [7, 11) is 0. The van der Waals surface area contributed by atoms with Crippen molar-refractivity contribution in [2.45, 2.75) is 37.8 Å². The van der Waals surface area contributed by atoms with Gasteiger partial charge in [-0.25, -0.2) is 4.79 Å². The van der Waals surface area contributed by atoms with Crippen molar-refractivity contribution in [3.63, 3.8) is 0 Å². The van der Waals surface area contributed by atoms with Gasteiger partial charge in [0.1, 0.15) is 12.0 Å². The maximum Gasteiger partial charge on any atom is 0.407 e. The van der Waals surface area contributed by atoms with Gasteiger partial charge < -0.3 is 14.8 Å². The van der Waals surface area contributed by atoms with Crippen LogP contribution in [-0.2, 0) is 26.3 Å². The Morgan fingerprint density at radius 2 is 1.71 bits per heavy atom. The molecule has 5 nitrogen and oxygen atoms in total. The average Bonchev–Trinajstić information content (AvgIpc) is 2.74. The zero-order chi connectivity index (χ0) is 19.8. The molecule has 0 aromatic heterocycles. The molecule has 0 heterocycles. The summed E-state index contributed by atoms with van der Waals surface area (Å²) in [6.07, 6.45) is 4.55. The molecule has 2 atom stereocenters. The summed E-state index contributed by atoms with van der Waals surface area (Å²) in [5.41, 5.74) is 0.750. The summed E-state index contributed by atoms with van der Waals surface area (Å²) >= 11 is 0. The van der Waals surface area contributed by atoms with E-state index in [0.717, 1.165) is 17.5 Å². The van der Waals surface area contributed by atoms with E-state index in [4.69, 9.17) is 9.47 Å². The molecule has 5 heteroatoms. The van der Waals surface area contributed by atoms with Gasteiger partial charge >= 0.3 is 12.1 Å². The van der Waals surface area contributed by atoms with Crippen LogP contribution < -0.4 is 5.32 Å². The lowest BCUT2D eigenvalue weighted by molar-refractivity contribution is -0.151. The van der Waals surface area contributed by atoms with Crippen LogP contribution in [0.4, 0.5) is 4.79 Å². The average molecular weight is 379 g/mol. The number of carbonyl (C=O) groups is 2. The van der Waals surface area contributed by atoms with Gasteiger partial charge in [-0.3, -0.25) is 4.79 Å². The molecule has 0 radical (unpaired) electrons. The Hall–Kier alpha value is -3.08. The summed E-state index contributed by atoms with van der Waals surface area (Å²) in [4.78, 5) is 25.5. The van der Waals surface area contributed by atoms with Crippen LogP contribution in [0.3, 0.4) is 0 Å². The van der Waals surface area contributed by atoms with Gasteiger partial charge in [-0.15, -0.1) is 0 Å². The van der Waals surface area contributed by atoms with Crippen molar-refractivity contribution in [1.82, 2.24) is 5.32 Å². The fraction of sp³-hybridized carbons (Fsp3) is 0.304. The first kappa shape index (κ1) is 19.7. The Bertz CT molecular complexity index is 819. The monoisotopic (exact) mass is 379 g/mol. The number of allylic oxidation sites excluding steroid dienone is 1. The van der Waals surface area contributed by atoms with Crippen LogP contribution in [0.15, 0.2) is 72.8 Å². The number of nitrogens with one attached hydrogen (secondary N) is 1. The van der Waals surface area contributed by atoms with Crippen molar-refractivity contribution in [2.75, 3.05) is 6.61 Å². The van der Waals surface area contributed by atoms with E-state index in [1.165, 1.54) is 0 Å². The van der Waals surface area contributed by atoms with E-state index in [-0.39, 0.29) is 19.2 Å². The number of ether oxygens (including phenoxy) is 2. The molecule has 0 spiro atoms. The topological polar surface area (TPSA) is 64.6 Å². The summed E-state index contributed by atoms with van der Waals surface area (Å²) in [6, 6.07) is 18.4. The van der Waals surface area contributed by atoms with Crippen LogP contribution in [0.5, 0.6) is 0 Å². The highest BCUT2D eigenvalue weighted by Crippen LogP contribution is 2.38. The Morgan fingerprint density at radius 1 is 1.04 bits per heavy atom. The Kier molecular flexibility index (Phi) is 6.48. The maximum absolute atomic E-state index is 13.0. The molecule has 1 N–H and O–H groups in total. The smallest absolute Gasteiger partial charge is 0.407 e. The molecule has 146 valence electrons. The number of amides is 1. The molecule has 28 heavy (non-hydrogen) atoms. The zero-order valence-electron chi connectivity index (χ0n) is 16.0. The van der Waals surface area contributed by atoms with Crippen molar-refractivity contribution < 1.29 is 19.1 Å². The Balaban J connectivity index is 1.81. The number of alkyl carbamates (subject to hydrolysis) is 1. The van der Waals surface area contributed by atoms with Crippen LogP contribution in [0.2, 0.25) is 0 Å². The minimum Gasteiger partial charge on any atom is -0.465 e. The predicted molar refractivity (Wildman–Crippen MR) is 107 cm³/mol. The minimum absolute atomic E-state index is 0.168. The summed E-state index contributed by atoms with van der Waals surface area (Å²) in [5.74, 6) is -0.334. The molecular formula is C23H25NO4. The fourth-order valence-electron chi connectivity index (χ4n) is 3.59. The SMILES string of the molecule is CCOC(=O)C1(c2ccccc2)CCC=CC1NC(=O)OCc1ccccc1. The van der Waals surface area contributed by atoms with Crippen LogP contribution in [0, 0.1) is 0 Å². The van der Waals surface area contributed by atoms with Crippen LogP contribution in [-0.4, -0.2) is 24.7 Å². The summed E-state index contributed by atoms with van der Waals surface area (Å²) < 4.78 is 10.8. The van der Waals surface area contributed by atoms with E-state index in [0.29, 0.717) is 6.42 Å². The molecule has 1 amide bonds. The van der Waals surface area contributed by atoms with Gasteiger partial charge in [0.15, 0.2) is 0 Å². The second-order valence-electron chi connectivity index (χ2n) is 6.71. The van der Waals surface area contributed by atoms with Crippen LogP contribution in [0.25, 0.3) is 0 Å². The van der Waals surface area contributed by atoms with Crippen LogP contribution >= 0.6 is 0 Å². The molecule has 2 aromatic carbocycles. The Morgan fingerprint density at radius 3 is 2.39 bits per heavy atom. The zero-order valence-corrected chi connectivity index (χ0v) is 16.0. The van der Waals surface area contributed by atoms with Gasteiger partial charge in [0.25, 0.3) is 0 Å². The second-order valence-corrected chi connectivity index (χ2v) is 6.71. The number of esters is 1. The highest BCUT2D eigenvalue weighted by atomic mass is 16.5. The van der Waals surface area contributed by atoms with Crippen LogP contribution in [0.1, 0.15) is 30.9 Å².